The molecule has 2 aromatic heterocycles. The van der Waals surface area contributed by atoms with Gasteiger partial charge in [0.2, 0.25) is 5.09 Å². The summed E-state index contributed by atoms with van der Waals surface area (Å²) < 4.78 is 38.7. The van der Waals surface area contributed by atoms with Crippen LogP contribution in [0.5, 0.6) is 0 Å². The summed E-state index contributed by atoms with van der Waals surface area (Å²) in [4.78, 5) is 17.2. The van der Waals surface area contributed by atoms with E-state index in [4.69, 9.17) is 20.8 Å². The maximum Gasteiger partial charge on any atom is 0.299 e. The first-order valence-corrected chi connectivity index (χ1v) is 11.4. The van der Waals surface area contributed by atoms with Crippen LogP contribution in [0, 0.1) is 0 Å². The Kier molecular flexibility index (Phi) is 6.27. The molecule has 0 aliphatic rings. The highest BCUT2D eigenvalue weighted by molar-refractivity contribution is 7.92. The van der Waals surface area contributed by atoms with Crippen LogP contribution in [0.25, 0.3) is 11.0 Å². The zero-order chi connectivity index (χ0) is 22.7. The molecular weight excluding hydrogens is 452 g/mol. The average Bonchev–Trinajstić information content (AvgIpc) is 3.23. The van der Waals surface area contributed by atoms with E-state index in [2.05, 4.69) is 4.98 Å². The van der Waals surface area contributed by atoms with Crippen LogP contribution in [0.4, 0.5) is 5.69 Å². The van der Waals surface area contributed by atoms with Crippen LogP contribution in [0.2, 0.25) is 5.02 Å². The smallest absolute Gasteiger partial charge is 0.299 e. The van der Waals surface area contributed by atoms with Crippen molar-refractivity contribution in [3.8, 4) is 0 Å². The Hall–Kier alpha value is -3.20. The Labute approximate surface area is 190 Å². The van der Waals surface area contributed by atoms with Gasteiger partial charge in [0, 0.05) is 31.2 Å². The number of halogens is 1. The van der Waals surface area contributed by atoms with Gasteiger partial charge in [-0.1, -0.05) is 60.1 Å². The molecule has 4 rings (SSSR count). The lowest BCUT2D eigenvalue weighted by molar-refractivity contribution is 0.0988. The van der Waals surface area contributed by atoms with Crippen LogP contribution in [-0.4, -0.2) is 33.0 Å². The van der Waals surface area contributed by atoms with Crippen molar-refractivity contribution in [3.63, 3.8) is 0 Å². The van der Waals surface area contributed by atoms with Gasteiger partial charge < -0.3 is 9.15 Å². The number of ketones is 1. The average molecular weight is 471 g/mol. The maximum atomic E-state index is 13.5. The summed E-state index contributed by atoms with van der Waals surface area (Å²) in [6.07, 6.45) is 1.36. The molecule has 0 unspecified atom stereocenters. The van der Waals surface area contributed by atoms with E-state index in [1.807, 2.05) is 30.3 Å². The number of hydrogen-bond acceptors (Lipinski definition) is 6. The van der Waals surface area contributed by atoms with Crippen LogP contribution in [0.1, 0.15) is 16.1 Å². The summed E-state index contributed by atoms with van der Waals surface area (Å²) in [7, 11) is -2.88. The van der Waals surface area contributed by atoms with E-state index >= 15 is 0 Å². The lowest BCUT2D eigenvalue weighted by Crippen LogP contribution is -2.34. The van der Waals surface area contributed by atoms with Crippen molar-refractivity contribution < 1.29 is 22.4 Å². The van der Waals surface area contributed by atoms with Crippen LogP contribution < -0.4 is 4.31 Å². The van der Waals surface area contributed by atoms with E-state index in [1.165, 1.54) is 25.4 Å². The number of Topliss-reactive ketones (excluding diaryl/α,β-unsaturated/α-hetero) is 1. The van der Waals surface area contributed by atoms with Gasteiger partial charge in [0.05, 0.1) is 10.7 Å². The minimum atomic E-state index is -4.23. The highest BCUT2D eigenvalue weighted by Gasteiger charge is 2.32. The molecule has 7 nitrogen and oxygen atoms in total. The van der Waals surface area contributed by atoms with Crippen molar-refractivity contribution >= 4 is 44.1 Å². The molecule has 164 valence electrons. The Morgan fingerprint density at radius 1 is 1.09 bits per heavy atom. The van der Waals surface area contributed by atoms with Gasteiger partial charge in [-0.25, -0.2) is 9.29 Å². The molecule has 0 aliphatic heterocycles. The van der Waals surface area contributed by atoms with Gasteiger partial charge in [-0.2, -0.15) is 8.42 Å². The van der Waals surface area contributed by atoms with Crippen molar-refractivity contribution in [2.45, 2.75) is 11.5 Å². The lowest BCUT2D eigenvalue weighted by atomic mass is 10.1. The number of pyridine rings is 1. The number of carbonyl (C=O) groups is 1. The van der Waals surface area contributed by atoms with Gasteiger partial charge in [-0.3, -0.25) is 4.79 Å². The summed E-state index contributed by atoms with van der Waals surface area (Å²) in [6.45, 7) is -0.368. The van der Waals surface area contributed by atoms with Gasteiger partial charge >= 0.3 is 0 Å². The Bertz CT molecular complexity index is 1340. The summed E-state index contributed by atoms with van der Waals surface area (Å²) >= 11 is 6.13. The third-order valence-electron chi connectivity index (χ3n) is 4.77. The Balaban J connectivity index is 1.79. The fraction of sp³-hybridized carbons (Fsp3) is 0.130. The number of aromatic nitrogens is 1. The Morgan fingerprint density at radius 3 is 2.53 bits per heavy atom. The molecule has 0 bridgehead atoms. The molecule has 4 aromatic rings. The third kappa shape index (κ3) is 4.38. The standard InChI is InChI=1S/C23H19ClN2O5S/c1-30-15-26(32(28,29)22-12-17-9-5-6-10-21(17)31-22)19-13-18(24)14-25-23(19)20(27)11-16-7-3-2-4-8-16/h2-10,12-14H,11,15H2,1H3. The van der Waals surface area contributed by atoms with Crippen molar-refractivity contribution in [2.24, 2.45) is 0 Å². The number of methoxy groups -OCH3 is 1. The normalized spacial score (nSPS) is 11.6. The van der Waals surface area contributed by atoms with Crippen LogP contribution in [0.3, 0.4) is 0 Å². The predicted octanol–water partition coefficient (Wildman–Crippen LogP) is 4.71. The van der Waals surface area contributed by atoms with E-state index in [1.54, 1.807) is 24.3 Å². The second kappa shape index (κ2) is 9.12. The maximum absolute atomic E-state index is 13.5. The number of hydrogen-bond donors (Lipinski definition) is 0. The third-order valence-corrected chi connectivity index (χ3v) is 6.57. The van der Waals surface area contributed by atoms with Crippen molar-refractivity contribution in [1.29, 1.82) is 0 Å². The zero-order valence-electron chi connectivity index (χ0n) is 17.1. The predicted molar refractivity (Wildman–Crippen MR) is 121 cm³/mol. The van der Waals surface area contributed by atoms with Crippen molar-refractivity contribution in [3.05, 3.63) is 89.2 Å². The van der Waals surface area contributed by atoms with Gasteiger partial charge in [0.25, 0.3) is 10.0 Å². The Morgan fingerprint density at radius 2 is 1.81 bits per heavy atom. The highest BCUT2D eigenvalue weighted by atomic mass is 35.5. The molecule has 32 heavy (non-hydrogen) atoms. The van der Waals surface area contributed by atoms with Crippen molar-refractivity contribution in [2.75, 3.05) is 18.1 Å². The number of carbonyl (C=O) groups excluding carboxylic acids is 1. The van der Waals surface area contributed by atoms with E-state index < -0.39 is 10.0 Å². The number of nitrogens with zero attached hydrogens (tertiary/aromatic N) is 2. The number of sulfonamides is 1. The van der Waals surface area contributed by atoms with Crippen LogP contribution >= 0.6 is 11.6 Å². The fourth-order valence-electron chi connectivity index (χ4n) is 3.28. The first-order valence-electron chi connectivity index (χ1n) is 9.63. The topological polar surface area (TPSA) is 89.7 Å². The summed E-state index contributed by atoms with van der Waals surface area (Å²) in [5.41, 5.74) is 1.18. The molecular formula is C23H19ClN2O5S. The monoisotopic (exact) mass is 470 g/mol. The second-order valence-corrected chi connectivity index (χ2v) is 9.21. The molecule has 0 radical (unpaired) electrons. The molecule has 0 saturated heterocycles. The van der Waals surface area contributed by atoms with E-state index in [-0.39, 0.29) is 40.4 Å². The first-order chi connectivity index (χ1) is 15.4. The summed E-state index contributed by atoms with van der Waals surface area (Å²) in [6, 6.07) is 18.9. The van der Waals surface area contributed by atoms with Gasteiger partial charge in [-0.05, 0) is 17.7 Å². The second-order valence-electron chi connectivity index (χ2n) is 6.98. The van der Waals surface area contributed by atoms with Crippen molar-refractivity contribution in [1.82, 2.24) is 4.98 Å². The molecule has 0 aliphatic carbocycles. The number of fused-ring (bicyclic) bond motifs is 1. The molecule has 0 N–H and O–H groups in total. The van der Waals surface area contributed by atoms with Gasteiger partial charge in [-0.15, -0.1) is 0 Å². The zero-order valence-corrected chi connectivity index (χ0v) is 18.6. The molecule has 0 atom stereocenters. The molecule has 0 spiro atoms. The van der Waals surface area contributed by atoms with Gasteiger partial charge in [0.1, 0.15) is 18.0 Å². The minimum absolute atomic E-state index is 0.0146. The molecule has 9 heteroatoms. The number of anilines is 1. The van der Waals surface area contributed by atoms with E-state index in [0.29, 0.717) is 11.0 Å². The lowest BCUT2D eigenvalue weighted by Gasteiger charge is -2.24. The quantitative estimate of drug-likeness (QED) is 0.274. The number of furan rings is 1. The van der Waals surface area contributed by atoms with Gasteiger partial charge in [0.15, 0.2) is 5.78 Å². The highest BCUT2D eigenvalue weighted by Crippen LogP contribution is 2.32. The first kappa shape index (κ1) is 22.0. The fourth-order valence-corrected chi connectivity index (χ4v) is 4.76. The SMILES string of the molecule is COCN(c1cc(Cl)cnc1C(=O)Cc1ccccc1)S(=O)(=O)c1cc2ccccc2o1. The summed E-state index contributed by atoms with van der Waals surface area (Å²) in [5, 5.41) is 0.530. The molecule has 2 aromatic carbocycles. The number of rotatable bonds is 8. The molecule has 0 fully saturated rings. The largest absolute Gasteiger partial charge is 0.443 e. The van der Waals surface area contributed by atoms with Crippen LogP contribution in [-0.2, 0) is 21.2 Å². The van der Waals surface area contributed by atoms with E-state index in [0.717, 1.165) is 9.87 Å². The minimum Gasteiger partial charge on any atom is -0.443 e. The number of ether oxygens (including phenoxy) is 1. The molecule has 2 heterocycles. The summed E-state index contributed by atoms with van der Waals surface area (Å²) in [5.74, 6) is -0.358. The number of benzene rings is 2. The van der Waals surface area contributed by atoms with E-state index in [9.17, 15) is 13.2 Å². The molecule has 0 saturated carbocycles. The molecule has 0 amide bonds. The van der Waals surface area contributed by atoms with Crippen LogP contribution in [0.15, 0.2) is 82.4 Å². The number of para-hydroxylation sites is 1.